The van der Waals surface area contributed by atoms with Crippen molar-refractivity contribution in [2.45, 2.75) is 10.6 Å². The van der Waals surface area contributed by atoms with Crippen LogP contribution in [0.15, 0.2) is 41.3 Å². The Kier molecular flexibility index (Phi) is 3.97. The Morgan fingerprint density at radius 3 is 2.71 bits per heavy atom. The third-order valence-electron chi connectivity index (χ3n) is 2.04. The Labute approximate surface area is 107 Å². The van der Waals surface area contributed by atoms with Crippen LogP contribution in [-0.4, -0.2) is 4.98 Å². The molecule has 0 aliphatic heterocycles. The first-order valence-electron chi connectivity index (χ1n) is 4.84. The SMILES string of the molecule is Fc1ccc(SCc2cccc(Cl)n2)c(F)c1. The molecule has 88 valence electrons. The molecule has 1 aromatic heterocycles. The van der Waals surface area contributed by atoms with Crippen molar-refractivity contribution in [3.05, 3.63) is 58.9 Å². The number of pyridine rings is 1. The van der Waals surface area contributed by atoms with Gasteiger partial charge in [0.15, 0.2) is 0 Å². The topological polar surface area (TPSA) is 12.9 Å². The van der Waals surface area contributed by atoms with Crippen molar-refractivity contribution in [1.82, 2.24) is 4.98 Å². The fraction of sp³-hybridized carbons (Fsp3) is 0.0833. The van der Waals surface area contributed by atoms with Crippen molar-refractivity contribution in [3.8, 4) is 0 Å². The van der Waals surface area contributed by atoms with Gasteiger partial charge >= 0.3 is 0 Å². The molecule has 17 heavy (non-hydrogen) atoms. The average molecular weight is 272 g/mol. The second kappa shape index (κ2) is 5.47. The molecule has 1 aromatic carbocycles. The van der Waals surface area contributed by atoms with E-state index in [0.29, 0.717) is 15.8 Å². The number of thioether (sulfide) groups is 1. The van der Waals surface area contributed by atoms with Crippen LogP contribution < -0.4 is 0 Å². The van der Waals surface area contributed by atoms with Gasteiger partial charge in [-0.2, -0.15) is 0 Å². The summed E-state index contributed by atoms with van der Waals surface area (Å²) >= 11 is 6.99. The third-order valence-corrected chi connectivity index (χ3v) is 3.33. The maximum atomic E-state index is 13.3. The molecule has 1 nitrogen and oxygen atoms in total. The summed E-state index contributed by atoms with van der Waals surface area (Å²) in [5.41, 5.74) is 0.756. The van der Waals surface area contributed by atoms with Gasteiger partial charge in [0.25, 0.3) is 0 Å². The van der Waals surface area contributed by atoms with E-state index in [1.807, 2.05) is 0 Å². The van der Waals surface area contributed by atoms with Crippen LogP contribution in [0.25, 0.3) is 0 Å². The number of halogens is 3. The Morgan fingerprint density at radius 2 is 2.00 bits per heavy atom. The van der Waals surface area contributed by atoms with E-state index < -0.39 is 11.6 Å². The number of nitrogens with zero attached hydrogens (tertiary/aromatic N) is 1. The van der Waals surface area contributed by atoms with Crippen LogP contribution in [0.2, 0.25) is 5.15 Å². The van der Waals surface area contributed by atoms with E-state index in [0.717, 1.165) is 11.8 Å². The summed E-state index contributed by atoms with van der Waals surface area (Å²) in [4.78, 5) is 4.48. The molecule has 0 bridgehead atoms. The molecule has 0 aliphatic rings. The molecule has 2 aromatic rings. The highest BCUT2D eigenvalue weighted by Gasteiger charge is 2.05. The minimum absolute atomic E-state index is 0.396. The van der Waals surface area contributed by atoms with Crippen molar-refractivity contribution in [2.24, 2.45) is 0 Å². The fourth-order valence-electron chi connectivity index (χ4n) is 1.27. The van der Waals surface area contributed by atoms with Crippen LogP contribution in [-0.2, 0) is 5.75 Å². The van der Waals surface area contributed by atoms with E-state index in [1.54, 1.807) is 18.2 Å². The lowest BCUT2D eigenvalue weighted by Crippen LogP contribution is -1.88. The van der Waals surface area contributed by atoms with Gasteiger partial charge < -0.3 is 0 Å². The Morgan fingerprint density at radius 1 is 1.18 bits per heavy atom. The van der Waals surface area contributed by atoms with Gasteiger partial charge in [-0.05, 0) is 24.3 Å². The van der Waals surface area contributed by atoms with Gasteiger partial charge in [0.05, 0.1) is 5.69 Å². The molecule has 0 N–H and O–H groups in total. The van der Waals surface area contributed by atoms with Gasteiger partial charge in [-0.15, -0.1) is 11.8 Å². The maximum absolute atomic E-state index is 13.3. The summed E-state index contributed by atoms with van der Waals surface area (Å²) in [6, 6.07) is 8.78. The number of benzene rings is 1. The zero-order chi connectivity index (χ0) is 12.3. The maximum Gasteiger partial charge on any atom is 0.139 e. The van der Waals surface area contributed by atoms with Crippen LogP contribution in [0.5, 0.6) is 0 Å². The molecule has 0 amide bonds. The van der Waals surface area contributed by atoms with Crippen molar-refractivity contribution < 1.29 is 8.78 Å². The van der Waals surface area contributed by atoms with Gasteiger partial charge in [0, 0.05) is 16.7 Å². The Balaban J connectivity index is 2.07. The molecule has 0 saturated carbocycles. The zero-order valence-corrected chi connectivity index (χ0v) is 10.2. The lowest BCUT2D eigenvalue weighted by molar-refractivity contribution is 0.565. The van der Waals surface area contributed by atoms with Crippen molar-refractivity contribution in [3.63, 3.8) is 0 Å². The minimum Gasteiger partial charge on any atom is -0.240 e. The van der Waals surface area contributed by atoms with Gasteiger partial charge in [0.1, 0.15) is 16.8 Å². The minimum atomic E-state index is -0.576. The highest BCUT2D eigenvalue weighted by atomic mass is 35.5. The molecule has 0 spiro atoms. The molecule has 0 fully saturated rings. The monoisotopic (exact) mass is 271 g/mol. The van der Waals surface area contributed by atoms with E-state index in [1.165, 1.54) is 23.9 Å². The second-order valence-corrected chi connectivity index (χ2v) is 4.72. The van der Waals surface area contributed by atoms with Gasteiger partial charge in [-0.25, -0.2) is 13.8 Å². The van der Waals surface area contributed by atoms with Gasteiger partial charge in [0.2, 0.25) is 0 Å². The second-order valence-electron chi connectivity index (χ2n) is 3.32. The number of rotatable bonds is 3. The lowest BCUT2D eigenvalue weighted by Gasteiger charge is -2.03. The normalized spacial score (nSPS) is 10.5. The summed E-state index contributed by atoms with van der Waals surface area (Å²) in [5.74, 6) is -0.645. The van der Waals surface area contributed by atoms with E-state index in [4.69, 9.17) is 11.6 Å². The summed E-state index contributed by atoms with van der Waals surface area (Å²) in [6.45, 7) is 0. The quantitative estimate of drug-likeness (QED) is 0.610. The molecule has 2 rings (SSSR count). The molecule has 5 heteroatoms. The summed E-state index contributed by atoms with van der Waals surface area (Å²) in [5, 5.41) is 0.405. The van der Waals surface area contributed by atoms with Crippen LogP contribution in [0.3, 0.4) is 0 Å². The van der Waals surface area contributed by atoms with Crippen molar-refractivity contribution in [1.29, 1.82) is 0 Å². The lowest BCUT2D eigenvalue weighted by atomic mass is 10.3. The third kappa shape index (κ3) is 3.41. The molecule has 0 radical (unpaired) electrons. The molecule has 0 saturated heterocycles. The molecular weight excluding hydrogens is 264 g/mol. The molecule has 0 aliphatic carbocycles. The standard InChI is InChI=1S/C12H8ClF2NS/c13-12-3-1-2-9(16-12)7-17-11-5-4-8(14)6-10(11)15/h1-6H,7H2. The summed E-state index contributed by atoms with van der Waals surface area (Å²) in [6.07, 6.45) is 0. The largest absolute Gasteiger partial charge is 0.240 e. The average Bonchev–Trinajstić information content (AvgIpc) is 2.28. The van der Waals surface area contributed by atoms with Crippen LogP contribution in [0.4, 0.5) is 8.78 Å². The zero-order valence-electron chi connectivity index (χ0n) is 8.66. The molecule has 1 heterocycles. The highest BCUT2D eigenvalue weighted by Crippen LogP contribution is 2.25. The van der Waals surface area contributed by atoms with E-state index in [9.17, 15) is 8.78 Å². The summed E-state index contributed by atoms with van der Waals surface area (Å²) < 4.78 is 26.0. The predicted octanol–water partition coefficient (Wildman–Crippen LogP) is 4.31. The molecule has 0 atom stereocenters. The van der Waals surface area contributed by atoms with Crippen LogP contribution in [0.1, 0.15) is 5.69 Å². The fourth-order valence-corrected chi connectivity index (χ4v) is 2.28. The first kappa shape index (κ1) is 12.3. The van der Waals surface area contributed by atoms with Gasteiger partial charge in [-0.3, -0.25) is 0 Å². The first-order valence-corrected chi connectivity index (χ1v) is 6.21. The Hall–Kier alpha value is -1.13. The van der Waals surface area contributed by atoms with Crippen molar-refractivity contribution >= 4 is 23.4 Å². The number of aromatic nitrogens is 1. The number of hydrogen-bond acceptors (Lipinski definition) is 2. The highest BCUT2D eigenvalue weighted by molar-refractivity contribution is 7.98. The smallest absolute Gasteiger partial charge is 0.139 e. The molecule has 0 unspecified atom stereocenters. The van der Waals surface area contributed by atoms with Gasteiger partial charge in [-0.1, -0.05) is 17.7 Å². The van der Waals surface area contributed by atoms with E-state index in [-0.39, 0.29) is 0 Å². The Bertz CT molecular complexity index is 534. The van der Waals surface area contributed by atoms with Crippen LogP contribution in [0, 0.1) is 11.6 Å². The van der Waals surface area contributed by atoms with E-state index >= 15 is 0 Å². The first-order chi connectivity index (χ1) is 8.15. The molecular formula is C12H8ClF2NS. The predicted molar refractivity (Wildman–Crippen MR) is 65.2 cm³/mol. The van der Waals surface area contributed by atoms with E-state index in [2.05, 4.69) is 4.98 Å². The van der Waals surface area contributed by atoms with Crippen LogP contribution >= 0.6 is 23.4 Å². The summed E-state index contributed by atoms with van der Waals surface area (Å²) in [7, 11) is 0. The number of hydrogen-bond donors (Lipinski definition) is 0. The van der Waals surface area contributed by atoms with Crippen molar-refractivity contribution in [2.75, 3.05) is 0 Å².